The molecule has 116 valence electrons. The van der Waals surface area contributed by atoms with Crippen molar-refractivity contribution in [3.05, 3.63) is 29.8 Å². The number of carbonyl (C=O) groups is 2. The largest absolute Gasteiger partial charge is 0.465 e. The minimum Gasteiger partial charge on any atom is -0.465 e. The number of nitrogens with one attached hydrogen (secondary N) is 1. The van der Waals surface area contributed by atoms with Crippen LogP contribution < -0.4 is 5.32 Å². The van der Waals surface area contributed by atoms with E-state index in [-0.39, 0.29) is 12.5 Å². The van der Waals surface area contributed by atoms with Gasteiger partial charge in [0.15, 0.2) is 0 Å². The van der Waals surface area contributed by atoms with Gasteiger partial charge in [0.05, 0.1) is 6.61 Å². The number of benzene rings is 1. The Hall–Kier alpha value is -1.84. The highest BCUT2D eigenvalue weighted by atomic mass is 16.5. The van der Waals surface area contributed by atoms with Crippen LogP contribution in [0.25, 0.3) is 0 Å². The predicted molar refractivity (Wildman–Crippen MR) is 84.0 cm³/mol. The molecule has 21 heavy (non-hydrogen) atoms. The van der Waals surface area contributed by atoms with E-state index in [0.717, 1.165) is 6.42 Å². The molecule has 0 saturated heterocycles. The van der Waals surface area contributed by atoms with Gasteiger partial charge in [-0.05, 0) is 36.5 Å². The second-order valence-corrected chi connectivity index (χ2v) is 6.09. The monoisotopic (exact) mass is 291 g/mol. The van der Waals surface area contributed by atoms with Gasteiger partial charge in [-0.25, -0.2) is 0 Å². The predicted octanol–water partition coefficient (Wildman–Crippen LogP) is 3.41. The van der Waals surface area contributed by atoms with E-state index in [1.165, 1.54) is 5.56 Å². The zero-order chi connectivity index (χ0) is 16.0. The summed E-state index contributed by atoms with van der Waals surface area (Å²) in [5.74, 6) is -1.64. The number of ether oxygens (including phenoxy) is 1. The highest BCUT2D eigenvalue weighted by Crippen LogP contribution is 2.28. The standard InChI is InChI=1S/C17H25NO3/c1-6-12-8-10-13(11-9-12)18-15(19)14(17(3,4)5)16(20)21-7-2/h8-11,14H,6-7H2,1-5H3,(H,18,19). The average molecular weight is 291 g/mol. The lowest BCUT2D eigenvalue weighted by atomic mass is 9.80. The van der Waals surface area contributed by atoms with Gasteiger partial charge in [-0.2, -0.15) is 0 Å². The fourth-order valence-electron chi connectivity index (χ4n) is 2.12. The first kappa shape index (κ1) is 17.2. The van der Waals surface area contributed by atoms with Crippen molar-refractivity contribution in [2.45, 2.75) is 41.0 Å². The Morgan fingerprint density at radius 2 is 1.71 bits per heavy atom. The number of carbonyl (C=O) groups excluding carboxylic acids is 2. The average Bonchev–Trinajstić information content (AvgIpc) is 2.38. The van der Waals surface area contributed by atoms with E-state index in [9.17, 15) is 9.59 Å². The van der Waals surface area contributed by atoms with Crippen molar-refractivity contribution in [3.8, 4) is 0 Å². The van der Waals surface area contributed by atoms with Crippen LogP contribution in [0.4, 0.5) is 5.69 Å². The van der Waals surface area contributed by atoms with E-state index >= 15 is 0 Å². The van der Waals surface area contributed by atoms with Crippen LogP contribution in [0.3, 0.4) is 0 Å². The van der Waals surface area contributed by atoms with E-state index in [4.69, 9.17) is 4.74 Å². The topological polar surface area (TPSA) is 55.4 Å². The lowest BCUT2D eigenvalue weighted by molar-refractivity contribution is -0.155. The zero-order valence-corrected chi connectivity index (χ0v) is 13.5. The summed E-state index contributed by atoms with van der Waals surface area (Å²) in [5, 5.41) is 2.80. The summed E-state index contributed by atoms with van der Waals surface area (Å²) in [5.41, 5.74) is 1.39. The highest BCUT2D eigenvalue weighted by molar-refractivity contribution is 6.05. The van der Waals surface area contributed by atoms with Crippen molar-refractivity contribution in [1.29, 1.82) is 0 Å². The van der Waals surface area contributed by atoms with Crippen LogP contribution in [0.2, 0.25) is 0 Å². The van der Waals surface area contributed by atoms with Gasteiger partial charge in [0.25, 0.3) is 0 Å². The Balaban J connectivity index is 2.87. The Morgan fingerprint density at radius 3 is 2.14 bits per heavy atom. The Morgan fingerprint density at radius 1 is 1.14 bits per heavy atom. The molecule has 0 saturated carbocycles. The minimum absolute atomic E-state index is 0.268. The summed E-state index contributed by atoms with van der Waals surface area (Å²) in [6, 6.07) is 7.63. The van der Waals surface area contributed by atoms with Crippen LogP contribution >= 0.6 is 0 Å². The van der Waals surface area contributed by atoms with Crippen molar-refractivity contribution >= 4 is 17.6 Å². The molecule has 0 aliphatic rings. The van der Waals surface area contributed by atoms with E-state index in [1.807, 2.05) is 45.0 Å². The van der Waals surface area contributed by atoms with Gasteiger partial charge in [0.1, 0.15) is 5.92 Å². The molecular weight excluding hydrogens is 266 g/mol. The Kier molecular flexibility index (Phi) is 5.94. The fourth-order valence-corrected chi connectivity index (χ4v) is 2.12. The smallest absolute Gasteiger partial charge is 0.319 e. The van der Waals surface area contributed by atoms with Gasteiger partial charge in [-0.15, -0.1) is 0 Å². The zero-order valence-electron chi connectivity index (χ0n) is 13.5. The van der Waals surface area contributed by atoms with Crippen LogP contribution in [0.15, 0.2) is 24.3 Å². The third-order valence-electron chi connectivity index (χ3n) is 3.28. The molecule has 4 nitrogen and oxygen atoms in total. The maximum atomic E-state index is 12.4. The van der Waals surface area contributed by atoms with Crippen LogP contribution in [0.1, 0.15) is 40.2 Å². The van der Waals surface area contributed by atoms with Gasteiger partial charge in [-0.1, -0.05) is 39.8 Å². The van der Waals surface area contributed by atoms with Crippen molar-refractivity contribution in [1.82, 2.24) is 0 Å². The second kappa shape index (κ2) is 7.25. The highest BCUT2D eigenvalue weighted by Gasteiger charge is 2.38. The molecule has 0 radical (unpaired) electrons. The number of hydrogen-bond acceptors (Lipinski definition) is 3. The van der Waals surface area contributed by atoms with Crippen LogP contribution in [-0.4, -0.2) is 18.5 Å². The maximum Gasteiger partial charge on any atom is 0.319 e. The van der Waals surface area contributed by atoms with E-state index in [2.05, 4.69) is 12.2 Å². The number of rotatable bonds is 5. The van der Waals surface area contributed by atoms with Crippen molar-refractivity contribution < 1.29 is 14.3 Å². The van der Waals surface area contributed by atoms with Gasteiger partial charge < -0.3 is 10.1 Å². The van der Waals surface area contributed by atoms with Gasteiger partial charge >= 0.3 is 5.97 Å². The molecule has 0 spiro atoms. The number of aryl methyl sites for hydroxylation is 1. The minimum atomic E-state index is -0.830. The first-order chi connectivity index (χ1) is 9.79. The van der Waals surface area contributed by atoms with E-state index < -0.39 is 17.3 Å². The van der Waals surface area contributed by atoms with Gasteiger partial charge in [0.2, 0.25) is 5.91 Å². The number of hydrogen-bond donors (Lipinski definition) is 1. The summed E-state index contributed by atoms with van der Waals surface area (Å²) < 4.78 is 5.03. The first-order valence-electron chi connectivity index (χ1n) is 7.36. The molecule has 1 rings (SSSR count). The maximum absolute atomic E-state index is 12.4. The molecule has 0 heterocycles. The molecule has 1 N–H and O–H groups in total. The van der Waals surface area contributed by atoms with Crippen LogP contribution in [0.5, 0.6) is 0 Å². The normalized spacial score (nSPS) is 12.6. The van der Waals surface area contributed by atoms with E-state index in [0.29, 0.717) is 5.69 Å². The SMILES string of the molecule is CCOC(=O)C(C(=O)Nc1ccc(CC)cc1)C(C)(C)C. The molecule has 1 unspecified atom stereocenters. The fraction of sp³-hybridized carbons (Fsp3) is 0.529. The van der Waals surface area contributed by atoms with Gasteiger partial charge in [-0.3, -0.25) is 9.59 Å². The molecule has 1 amide bonds. The number of anilines is 1. The molecule has 0 fully saturated rings. The Labute approximate surface area is 126 Å². The number of esters is 1. The lowest BCUT2D eigenvalue weighted by Crippen LogP contribution is -2.40. The molecule has 0 aromatic heterocycles. The Bertz CT molecular complexity index is 486. The molecule has 1 atom stereocenters. The van der Waals surface area contributed by atoms with Gasteiger partial charge in [0, 0.05) is 5.69 Å². The quantitative estimate of drug-likeness (QED) is 0.668. The summed E-state index contributed by atoms with van der Waals surface area (Å²) in [6.45, 7) is 9.64. The number of amides is 1. The molecular formula is C17H25NO3. The lowest BCUT2D eigenvalue weighted by Gasteiger charge is -2.27. The van der Waals surface area contributed by atoms with Crippen molar-refractivity contribution in [2.75, 3.05) is 11.9 Å². The molecule has 1 aromatic carbocycles. The van der Waals surface area contributed by atoms with Crippen LogP contribution in [-0.2, 0) is 20.7 Å². The molecule has 4 heteroatoms. The first-order valence-corrected chi connectivity index (χ1v) is 7.36. The van der Waals surface area contributed by atoms with Crippen molar-refractivity contribution in [3.63, 3.8) is 0 Å². The summed E-state index contributed by atoms with van der Waals surface area (Å²) in [7, 11) is 0. The third-order valence-corrected chi connectivity index (χ3v) is 3.28. The summed E-state index contributed by atoms with van der Waals surface area (Å²) >= 11 is 0. The second-order valence-electron chi connectivity index (χ2n) is 6.09. The molecule has 0 aliphatic carbocycles. The van der Waals surface area contributed by atoms with Crippen LogP contribution in [0, 0.1) is 11.3 Å². The molecule has 0 bridgehead atoms. The summed E-state index contributed by atoms with van der Waals surface area (Å²) in [4.78, 5) is 24.5. The molecule has 0 aliphatic heterocycles. The van der Waals surface area contributed by atoms with E-state index in [1.54, 1.807) is 6.92 Å². The third kappa shape index (κ3) is 4.88. The van der Waals surface area contributed by atoms with Crippen molar-refractivity contribution in [2.24, 2.45) is 11.3 Å². The summed E-state index contributed by atoms with van der Waals surface area (Å²) in [6.07, 6.45) is 0.946. The molecule has 1 aromatic rings.